The predicted octanol–water partition coefficient (Wildman–Crippen LogP) is 6.94. The Kier molecular flexibility index (Phi) is 6.44. The molecule has 0 fully saturated rings. The zero-order valence-electron chi connectivity index (χ0n) is 19.2. The highest BCUT2D eigenvalue weighted by molar-refractivity contribution is 6.36. The largest absolute Gasteiger partial charge is 0.373 e. The maximum Gasteiger partial charge on any atom is 0.126 e. The topological polar surface area (TPSA) is 86.5 Å². The van der Waals surface area contributed by atoms with E-state index in [-0.39, 0.29) is 11.9 Å². The Bertz CT molecular complexity index is 1550. The molecule has 176 valence electrons. The molecule has 3 heterocycles. The first kappa shape index (κ1) is 23.2. The number of halogens is 2. The Labute approximate surface area is 212 Å². The lowest BCUT2D eigenvalue weighted by molar-refractivity contribution is 0.619. The number of nitrogens with one attached hydrogen (secondary N) is 2. The first-order chi connectivity index (χ1) is 17.5. The number of hydrogen-bond acceptors (Lipinski definition) is 6. The maximum atomic E-state index is 13.8. The molecule has 8 heteroatoms. The smallest absolute Gasteiger partial charge is 0.126 e. The van der Waals surface area contributed by atoms with Crippen LogP contribution in [0.1, 0.15) is 28.4 Å². The lowest BCUT2D eigenvalue weighted by Gasteiger charge is -2.21. The van der Waals surface area contributed by atoms with E-state index < -0.39 is 0 Å². The molecule has 0 bridgehead atoms. The van der Waals surface area contributed by atoms with E-state index in [1.165, 1.54) is 12.3 Å². The number of anilines is 3. The minimum atomic E-state index is -0.300. The molecule has 2 aromatic carbocycles. The average Bonchev–Trinajstić information content (AvgIpc) is 2.91. The summed E-state index contributed by atoms with van der Waals surface area (Å²) >= 11 is 6.66. The molecule has 0 saturated heterocycles. The Morgan fingerprint density at radius 3 is 2.58 bits per heavy atom. The Morgan fingerprint density at radius 2 is 1.86 bits per heavy atom. The van der Waals surface area contributed by atoms with Crippen molar-refractivity contribution in [1.29, 1.82) is 5.26 Å². The van der Waals surface area contributed by atoms with Gasteiger partial charge in [-0.05, 0) is 66.6 Å². The minimum absolute atomic E-state index is 0.295. The third-order valence-corrected chi connectivity index (χ3v) is 6.07. The summed E-state index contributed by atoms with van der Waals surface area (Å²) in [4.78, 5) is 13.2. The Morgan fingerprint density at radius 1 is 0.972 bits per heavy atom. The second kappa shape index (κ2) is 9.98. The van der Waals surface area contributed by atoms with E-state index in [1.807, 2.05) is 36.4 Å². The first-order valence-corrected chi connectivity index (χ1v) is 11.5. The highest BCUT2D eigenvalue weighted by Gasteiger charge is 2.18. The molecule has 3 aromatic heterocycles. The number of hydrogen-bond donors (Lipinski definition) is 2. The second-order valence-electron chi connectivity index (χ2n) is 8.22. The van der Waals surface area contributed by atoms with Crippen molar-refractivity contribution < 1.29 is 4.39 Å². The average molecular weight is 495 g/mol. The molecule has 6 nitrogen and oxygen atoms in total. The van der Waals surface area contributed by atoms with Crippen LogP contribution in [0.2, 0.25) is 5.02 Å². The van der Waals surface area contributed by atoms with Gasteiger partial charge in [-0.2, -0.15) is 5.26 Å². The summed E-state index contributed by atoms with van der Waals surface area (Å²) < 4.78 is 13.8. The lowest BCUT2D eigenvalue weighted by Crippen LogP contribution is -2.14. The summed E-state index contributed by atoms with van der Waals surface area (Å²) in [5.74, 6) is -0.300. The van der Waals surface area contributed by atoms with Gasteiger partial charge in [-0.1, -0.05) is 23.7 Å². The van der Waals surface area contributed by atoms with Crippen LogP contribution >= 0.6 is 11.6 Å². The SMILES string of the molecule is Cc1cc(Nc2c(C#N)cnc3c(Cl)cc(NC(c4cccnc4)c4ccccn4)cc23)ccc1F. The van der Waals surface area contributed by atoms with Crippen LogP contribution in [0.3, 0.4) is 0 Å². The van der Waals surface area contributed by atoms with E-state index in [1.54, 1.807) is 43.7 Å². The number of fused-ring (bicyclic) bond motifs is 1. The number of rotatable bonds is 6. The van der Waals surface area contributed by atoms with Crippen LogP contribution in [0.5, 0.6) is 0 Å². The maximum absolute atomic E-state index is 13.8. The van der Waals surface area contributed by atoms with E-state index in [4.69, 9.17) is 11.6 Å². The molecule has 0 saturated carbocycles. The van der Waals surface area contributed by atoms with Crippen LogP contribution in [0, 0.1) is 24.1 Å². The predicted molar refractivity (Wildman–Crippen MR) is 140 cm³/mol. The fourth-order valence-corrected chi connectivity index (χ4v) is 4.29. The monoisotopic (exact) mass is 494 g/mol. The van der Waals surface area contributed by atoms with Crippen LogP contribution in [0.4, 0.5) is 21.5 Å². The van der Waals surface area contributed by atoms with Crippen LogP contribution in [-0.4, -0.2) is 15.0 Å². The molecule has 5 rings (SSSR count). The number of pyridine rings is 3. The molecular weight excluding hydrogens is 475 g/mol. The number of aromatic nitrogens is 3. The number of benzene rings is 2. The molecular formula is C28H20ClFN6. The van der Waals surface area contributed by atoms with Gasteiger partial charge in [0, 0.05) is 41.5 Å². The summed E-state index contributed by atoms with van der Waals surface area (Å²) in [5, 5.41) is 17.6. The van der Waals surface area contributed by atoms with Gasteiger partial charge in [-0.15, -0.1) is 0 Å². The van der Waals surface area contributed by atoms with Gasteiger partial charge in [0.1, 0.15) is 11.9 Å². The number of nitrogens with zero attached hydrogens (tertiary/aromatic N) is 4. The quantitative estimate of drug-likeness (QED) is 0.266. The van der Waals surface area contributed by atoms with Crippen molar-refractivity contribution in [3.05, 3.63) is 119 Å². The van der Waals surface area contributed by atoms with Crippen LogP contribution < -0.4 is 10.6 Å². The lowest BCUT2D eigenvalue weighted by atomic mass is 10.0. The molecule has 2 N–H and O–H groups in total. The summed E-state index contributed by atoms with van der Waals surface area (Å²) in [6.45, 7) is 1.69. The number of aryl methyl sites for hydroxylation is 1. The highest BCUT2D eigenvalue weighted by atomic mass is 35.5. The summed E-state index contributed by atoms with van der Waals surface area (Å²) in [7, 11) is 0. The van der Waals surface area contributed by atoms with Crippen molar-refractivity contribution in [2.75, 3.05) is 10.6 Å². The summed E-state index contributed by atoms with van der Waals surface area (Å²) in [5.41, 5.74) is 5.00. The van der Waals surface area contributed by atoms with Crippen molar-refractivity contribution >= 4 is 39.6 Å². The molecule has 0 amide bonds. The number of nitriles is 1. The fraction of sp³-hybridized carbons (Fsp3) is 0.0714. The molecule has 0 aliphatic carbocycles. The zero-order valence-corrected chi connectivity index (χ0v) is 20.0. The standard InChI is InChI=1S/C28H20ClFN6/c1-17-11-20(7-8-24(17)30)35-26-19(14-31)16-34-28-22(26)12-21(13-23(28)29)36-27(18-5-4-9-32-15-18)25-6-2-3-10-33-25/h2-13,15-16,27,36H,1H3,(H,34,35). The molecule has 36 heavy (non-hydrogen) atoms. The third kappa shape index (κ3) is 4.67. The van der Waals surface area contributed by atoms with E-state index in [0.717, 1.165) is 11.3 Å². The van der Waals surface area contributed by atoms with E-state index in [9.17, 15) is 9.65 Å². The normalized spacial score (nSPS) is 11.6. The third-order valence-electron chi connectivity index (χ3n) is 5.78. The van der Waals surface area contributed by atoms with Crippen molar-refractivity contribution in [3.63, 3.8) is 0 Å². The Balaban J connectivity index is 1.62. The Hall–Kier alpha value is -4.54. The van der Waals surface area contributed by atoms with Crippen molar-refractivity contribution in [2.24, 2.45) is 0 Å². The minimum Gasteiger partial charge on any atom is -0.373 e. The van der Waals surface area contributed by atoms with E-state index >= 15 is 0 Å². The fourth-order valence-electron chi connectivity index (χ4n) is 4.02. The van der Waals surface area contributed by atoms with E-state index in [0.29, 0.717) is 44.1 Å². The van der Waals surface area contributed by atoms with Gasteiger partial charge in [-0.3, -0.25) is 15.0 Å². The van der Waals surface area contributed by atoms with E-state index in [2.05, 4.69) is 31.7 Å². The van der Waals surface area contributed by atoms with Crippen LogP contribution in [0.15, 0.2) is 85.5 Å². The molecule has 1 atom stereocenters. The second-order valence-corrected chi connectivity index (χ2v) is 8.63. The van der Waals surface area contributed by atoms with Crippen molar-refractivity contribution in [1.82, 2.24) is 15.0 Å². The van der Waals surface area contributed by atoms with Gasteiger partial charge in [0.2, 0.25) is 0 Å². The van der Waals surface area contributed by atoms with Crippen LogP contribution in [0.25, 0.3) is 10.9 Å². The van der Waals surface area contributed by atoms with Gasteiger partial charge in [-0.25, -0.2) is 4.39 Å². The first-order valence-electron chi connectivity index (χ1n) is 11.2. The molecule has 0 aliphatic rings. The molecule has 5 aromatic rings. The van der Waals surface area contributed by atoms with Gasteiger partial charge in [0.25, 0.3) is 0 Å². The summed E-state index contributed by atoms with van der Waals surface area (Å²) in [6, 6.07) is 19.8. The molecule has 0 spiro atoms. The zero-order chi connectivity index (χ0) is 25.1. The van der Waals surface area contributed by atoms with Gasteiger partial charge in [0.15, 0.2) is 0 Å². The van der Waals surface area contributed by atoms with Gasteiger partial charge >= 0.3 is 0 Å². The highest BCUT2D eigenvalue weighted by Crippen LogP contribution is 2.36. The molecule has 1 unspecified atom stereocenters. The van der Waals surface area contributed by atoms with Crippen molar-refractivity contribution in [3.8, 4) is 6.07 Å². The van der Waals surface area contributed by atoms with Crippen LogP contribution in [-0.2, 0) is 0 Å². The van der Waals surface area contributed by atoms with Gasteiger partial charge < -0.3 is 10.6 Å². The summed E-state index contributed by atoms with van der Waals surface area (Å²) in [6.07, 6.45) is 6.72. The molecule has 0 radical (unpaired) electrons. The van der Waals surface area contributed by atoms with Crippen molar-refractivity contribution in [2.45, 2.75) is 13.0 Å². The molecule has 0 aliphatic heterocycles. The van der Waals surface area contributed by atoms with Gasteiger partial charge in [0.05, 0.1) is 33.5 Å².